The SMILES string of the molecule is COCCONS(=O)(=O)N(C)C(C)C. The number of methoxy groups -OCH3 is 1. The highest BCUT2D eigenvalue weighted by Gasteiger charge is 2.19. The van der Waals surface area contributed by atoms with E-state index < -0.39 is 10.2 Å². The topological polar surface area (TPSA) is 67.9 Å². The Kier molecular flexibility index (Phi) is 6.21. The first-order valence-corrected chi connectivity index (χ1v) is 5.71. The number of hydrogen-bond donors (Lipinski definition) is 1. The summed E-state index contributed by atoms with van der Waals surface area (Å²) in [5.41, 5.74) is 0. The molecule has 0 bridgehead atoms. The Morgan fingerprint density at radius 1 is 1.36 bits per heavy atom. The van der Waals surface area contributed by atoms with Crippen molar-refractivity contribution in [2.24, 2.45) is 0 Å². The van der Waals surface area contributed by atoms with Crippen LogP contribution in [0.2, 0.25) is 0 Å². The molecule has 0 aromatic carbocycles. The third-order valence-electron chi connectivity index (χ3n) is 1.66. The first-order chi connectivity index (χ1) is 6.41. The standard InChI is InChI=1S/C7H18N2O4S/c1-7(2)9(3)14(10,11)8-13-6-5-12-4/h7-8H,5-6H2,1-4H3. The maximum atomic E-state index is 11.4. The summed E-state index contributed by atoms with van der Waals surface area (Å²) >= 11 is 0. The molecule has 0 aliphatic heterocycles. The van der Waals surface area contributed by atoms with Crippen LogP contribution in [0.3, 0.4) is 0 Å². The molecule has 0 aromatic rings. The lowest BCUT2D eigenvalue weighted by Crippen LogP contribution is -2.42. The van der Waals surface area contributed by atoms with E-state index >= 15 is 0 Å². The van der Waals surface area contributed by atoms with Crippen LogP contribution in [0.4, 0.5) is 0 Å². The predicted octanol–water partition coefficient (Wildman–Crippen LogP) is -0.261. The van der Waals surface area contributed by atoms with Gasteiger partial charge in [-0.05, 0) is 13.8 Å². The zero-order valence-electron chi connectivity index (χ0n) is 8.98. The molecule has 0 heterocycles. The molecule has 0 aromatic heterocycles. The van der Waals surface area contributed by atoms with Gasteiger partial charge in [0.1, 0.15) is 0 Å². The Morgan fingerprint density at radius 2 is 1.93 bits per heavy atom. The predicted molar refractivity (Wildman–Crippen MR) is 52.8 cm³/mol. The minimum atomic E-state index is -3.53. The molecule has 1 N–H and O–H groups in total. The third-order valence-corrected chi connectivity index (χ3v) is 3.17. The van der Waals surface area contributed by atoms with Gasteiger partial charge in [-0.1, -0.05) is 4.89 Å². The lowest BCUT2D eigenvalue weighted by molar-refractivity contribution is 0.0409. The Hall–Kier alpha value is -0.210. The van der Waals surface area contributed by atoms with Crippen LogP contribution < -0.4 is 4.89 Å². The molecule has 0 radical (unpaired) electrons. The molecule has 86 valence electrons. The highest BCUT2D eigenvalue weighted by atomic mass is 32.2. The zero-order chi connectivity index (χ0) is 11.2. The molecule has 0 amide bonds. The van der Waals surface area contributed by atoms with Crippen molar-refractivity contribution in [1.29, 1.82) is 0 Å². The summed E-state index contributed by atoms with van der Waals surface area (Å²) in [4.78, 5) is 6.70. The van der Waals surface area contributed by atoms with E-state index in [4.69, 9.17) is 9.57 Å². The molecular weight excluding hydrogens is 208 g/mol. The number of hydrogen-bond acceptors (Lipinski definition) is 4. The summed E-state index contributed by atoms with van der Waals surface area (Å²) in [7, 11) is -0.544. The number of rotatable bonds is 7. The minimum absolute atomic E-state index is 0.112. The molecular formula is C7H18N2O4S. The van der Waals surface area contributed by atoms with E-state index in [0.29, 0.717) is 6.61 Å². The van der Waals surface area contributed by atoms with Gasteiger partial charge in [0.05, 0.1) is 13.2 Å². The second-order valence-corrected chi connectivity index (χ2v) is 4.73. The molecule has 0 saturated carbocycles. The van der Waals surface area contributed by atoms with Crippen LogP contribution in [-0.4, -0.2) is 46.1 Å². The van der Waals surface area contributed by atoms with Crippen LogP contribution in [0.15, 0.2) is 0 Å². The average Bonchev–Trinajstić information content (AvgIpc) is 2.11. The monoisotopic (exact) mass is 226 g/mol. The van der Waals surface area contributed by atoms with Crippen LogP contribution in [-0.2, 0) is 19.8 Å². The van der Waals surface area contributed by atoms with Crippen molar-refractivity contribution in [2.45, 2.75) is 19.9 Å². The fraction of sp³-hybridized carbons (Fsp3) is 1.00. The highest BCUT2D eigenvalue weighted by molar-refractivity contribution is 7.87. The molecule has 0 aliphatic carbocycles. The van der Waals surface area contributed by atoms with Crippen molar-refractivity contribution in [2.75, 3.05) is 27.4 Å². The van der Waals surface area contributed by atoms with Crippen molar-refractivity contribution >= 4 is 10.2 Å². The van der Waals surface area contributed by atoms with Crippen LogP contribution in [0.25, 0.3) is 0 Å². The fourth-order valence-corrected chi connectivity index (χ4v) is 1.48. The van der Waals surface area contributed by atoms with Crippen LogP contribution >= 0.6 is 0 Å². The summed E-state index contributed by atoms with van der Waals surface area (Å²) in [6.45, 7) is 4.07. The van der Waals surface area contributed by atoms with Crippen molar-refractivity contribution in [1.82, 2.24) is 9.19 Å². The van der Waals surface area contributed by atoms with Crippen molar-refractivity contribution in [3.8, 4) is 0 Å². The number of nitrogens with one attached hydrogen (secondary N) is 1. The largest absolute Gasteiger partial charge is 0.382 e. The van der Waals surface area contributed by atoms with Crippen molar-refractivity contribution in [3.63, 3.8) is 0 Å². The minimum Gasteiger partial charge on any atom is -0.382 e. The van der Waals surface area contributed by atoms with Gasteiger partial charge in [0.25, 0.3) is 0 Å². The Bertz CT molecular complexity index is 240. The van der Waals surface area contributed by atoms with Gasteiger partial charge in [0.15, 0.2) is 0 Å². The van der Waals surface area contributed by atoms with Gasteiger partial charge in [-0.3, -0.25) is 4.84 Å². The van der Waals surface area contributed by atoms with E-state index in [9.17, 15) is 8.42 Å². The molecule has 14 heavy (non-hydrogen) atoms. The van der Waals surface area contributed by atoms with Crippen molar-refractivity contribution in [3.05, 3.63) is 0 Å². The van der Waals surface area contributed by atoms with Gasteiger partial charge in [-0.2, -0.15) is 12.7 Å². The zero-order valence-corrected chi connectivity index (χ0v) is 9.80. The first kappa shape index (κ1) is 13.8. The second kappa shape index (κ2) is 6.31. The second-order valence-electron chi connectivity index (χ2n) is 3.04. The quantitative estimate of drug-likeness (QED) is 0.479. The molecule has 0 aliphatic rings. The lowest BCUT2D eigenvalue weighted by Gasteiger charge is -2.20. The molecule has 7 heteroatoms. The van der Waals surface area contributed by atoms with Crippen LogP contribution in [0, 0.1) is 0 Å². The molecule has 0 spiro atoms. The lowest BCUT2D eigenvalue weighted by atomic mass is 10.4. The summed E-state index contributed by atoms with van der Waals surface area (Å²) in [6, 6.07) is -0.112. The molecule has 6 nitrogen and oxygen atoms in total. The van der Waals surface area contributed by atoms with Gasteiger partial charge in [-0.25, -0.2) is 0 Å². The molecule has 0 atom stereocenters. The average molecular weight is 226 g/mol. The third kappa shape index (κ3) is 4.87. The first-order valence-electron chi connectivity index (χ1n) is 4.27. The van der Waals surface area contributed by atoms with Crippen LogP contribution in [0.1, 0.15) is 13.8 Å². The Labute approximate surface area is 85.3 Å². The Morgan fingerprint density at radius 3 is 2.36 bits per heavy atom. The smallest absolute Gasteiger partial charge is 0.301 e. The summed E-state index contributed by atoms with van der Waals surface area (Å²) in [6.07, 6.45) is 0. The summed E-state index contributed by atoms with van der Waals surface area (Å²) < 4.78 is 28.6. The van der Waals surface area contributed by atoms with E-state index in [1.165, 1.54) is 18.5 Å². The van der Waals surface area contributed by atoms with Gasteiger partial charge in [0, 0.05) is 20.2 Å². The normalized spacial score (nSPS) is 12.7. The summed E-state index contributed by atoms with van der Waals surface area (Å²) in [5.74, 6) is 0. The summed E-state index contributed by atoms with van der Waals surface area (Å²) in [5, 5.41) is 0. The highest BCUT2D eigenvalue weighted by Crippen LogP contribution is 1.99. The van der Waals surface area contributed by atoms with E-state index in [0.717, 1.165) is 0 Å². The van der Waals surface area contributed by atoms with Gasteiger partial charge < -0.3 is 4.74 Å². The maximum Gasteiger partial charge on any atom is 0.301 e. The van der Waals surface area contributed by atoms with Gasteiger partial charge >= 0.3 is 10.2 Å². The van der Waals surface area contributed by atoms with E-state index in [1.54, 1.807) is 13.8 Å². The maximum absolute atomic E-state index is 11.4. The molecule has 0 unspecified atom stereocenters. The molecule has 0 fully saturated rings. The van der Waals surface area contributed by atoms with E-state index in [-0.39, 0.29) is 12.6 Å². The number of nitrogens with zero attached hydrogens (tertiary/aromatic N) is 1. The molecule has 0 rings (SSSR count). The van der Waals surface area contributed by atoms with Crippen LogP contribution in [0.5, 0.6) is 0 Å². The van der Waals surface area contributed by atoms with E-state index in [1.807, 2.05) is 4.89 Å². The van der Waals surface area contributed by atoms with Gasteiger partial charge in [-0.15, -0.1) is 0 Å². The fourth-order valence-electron chi connectivity index (χ4n) is 0.577. The van der Waals surface area contributed by atoms with Gasteiger partial charge in [0.2, 0.25) is 0 Å². The van der Waals surface area contributed by atoms with E-state index in [2.05, 4.69) is 0 Å². The Balaban J connectivity index is 3.96. The van der Waals surface area contributed by atoms with Crippen molar-refractivity contribution < 1.29 is 18.0 Å². The molecule has 0 saturated heterocycles. The number of ether oxygens (including phenoxy) is 1.